The minimum absolute atomic E-state index is 0.169. The van der Waals surface area contributed by atoms with E-state index in [1.165, 1.54) is 36.0 Å². The molecule has 2 aromatic carbocycles. The summed E-state index contributed by atoms with van der Waals surface area (Å²) in [4.78, 5) is 30.6. The lowest BCUT2D eigenvalue weighted by Crippen LogP contribution is -2.40. The van der Waals surface area contributed by atoms with Gasteiger partial charge in [0.2, 0.25) is 0 Å². The van der Waals surface area contributed by atoms with Gasteiger partial charge in [0.15, 0.2) is 5.17 Å². The van der Waals surface area contributed by atoms with Crippen molar-refractivity contribution < 1.29 is 18.4 Å². The number of rotatable bonds is 2. The Morgan fingerprint density at radius 2 is 1.33 bits per heavy atom. The van der Waals surface area contributed by atoms with Crippen LogP contribution in [0.1, 0.15) is 20.7 Å². The average Bonchev–Trinajstić information content (AvgIpc) is 3.10. The van der Waals surface area contributed by atoms with Gasteiger partial charge < -0.3 is 0 Å². The van der Waals surface area contributed by atoms with Crippen LogP contribution in [0.2, 0.25) is 0 Å². The molecule has 0 bridgehead atoms. The second kappa shape index (κ2) is 6.92. The van der Waals surface area contributed by atoms with Crippen LogP contribution < -0.4 is 0 Å². The van der Waals surface area contributed by atoms with Crippen LogP contribution in [0, 0.1) is 11.6 Å². The van der Waals surface area contributed by atoms with Gasteiger partial charge in [-0.3, -0.25) is 14.6 Å². The molecule has 0 aromatic heterocycles. The molecule has 3 rings (SSSR count). The van der Waals surface area contributed by atoms with E-state index in [2.05, 4.69) is 4.99 Å². The van der Waals surface area contributed by atoms with Gasteiger partial charge in [-0.2, -0.15) is 0 Å². The first-order valence-electron chi connectivity index (χ1n) is 7.13. The summed E-state index contributed by atoms with van der Waals surface area (Å²) in [5.41, 5.74) is 0.337. The molecular weight excluding hydrogens is 334 g/mol. The zero-order valence-electron chi connectivity index (χ0n) is 12.4. The number of amidine groups is 1. The first-order valence-corrected chi connectivity index (χ1v) is 8.12. The van der Waals surface area contributed by atoms with E-state index in [4.69, 9.17) is 0 Å². The van der Waals surface area contributed by atoms with Crippen molar-refractivity contribution in [2.45, 2.75) is 0 Å². The molecule has 1 aliphatic heterocycles. The SMILES string of the molecule is O=C(c1ccc(F)cc1)N(C(=O)c1ccc(F)cc1)C1=NCCS1. The molecular formula is C17H12F2N2O2S. The molecule has 0 saturated heterocycles. The first kappa shape index (κ1) is 16.3. The Labute approximate surface area is 141 Å². The summed E-state index contributed by atoms with van der Waals surface area (Å²) in [7, 11) is 0. The van der Waals surface area contributed by atoms with E-state index >= 15 is 0 Å². The number of nitrogens with zero attached hydrogens (tertiary/aromatic N) is 2. The molecule has 24 heavy (non-hydrogen) atoms. The molecule has 0 spiro atoms. The molecule has 0 radical (unpaired) electrons. The van der Waals surface area contributed by atoms with Crippen LogP contribution in [0.5, 0.6) is 0 Å². The van der Waals surface area contributed by atoms with E-state index in [9.17, 15) is 18.4 Å². The van der Waals surface area contributed by atoms with Gasteiger partial charge in [-0.15, -0.1) is 0 Å². The van der Waals surface area contributed by atoms with Gasteiger partial charge in [-0.25, -0.2) is 13.7 Å². The summed E-state index contributed by atoms with van der Waals surface area (Å²) in [6, 6.07) is 9.83. The first-order chi connectivity index (χ1) is 11.6. The minimum atomic E-state index is -0.600. The lowest BCUT2D eigenvalue weighted by Gasteiger charge is -2.20. The van der Waals surface area contributed by atoms with Crippen molar-refractivity contribution in [3.63, 3.8) is 0 Å². The van der Waals surface area contributed by atoms with E-state index < -0.39 is 23.4 Å². The van der Waals surface area contributed by atoms with Crippen molar-refractivity contribution in [2.24, 2.45) is 4.99 Å². The van der Waals surface area contributed by atoms with Gasteiger partial charge >= 0.3 is 0 Å². The second-order valence-corrected chi connectivity index (χ2v) is 6.03. The molecule has 2 amide bonds. The number of aliphatic imine (C=N–C) groups is 1. The molecule has 0 N–H and O–H groups in total. The third-order valence-corrected chi connectivity index (χ3v) is 4.31. The summed E-state index contributed by atoms with van der Waals surface area (Å²) < 4.78 is 26.1. The fourth-order valence-corrected chi connectivity index (χ4v) is 3.01. The van der Waals surface area contributed by atoms with E-state index in [0.717, 1.165) is 29.2 Å². The van der Waals surface area contributed by atoms with Crippen molar-refractivity contribution in [2.75, 3.05) is 12.3 Å². The van der Waals surface area contributed by atoms with E-state index in [1.54, 1.807) is 0 Å². The summed E-state index contributed by atoms with van der Waals surface area (Å²) in [6.45, 7) is 0.504. The quantitative estimate of drug-likeness (QED) is 0.784. The van der Waals surface area contributed by atoms with Crippen LogP contribution in [0.25, 0.3) is 0 Å². The van der Waals surface area contributed by atoms with Gasteiger partial charge in [0, 0.05) is 16.9 Å². The Bertz CT molecular complexity index is 747. The molecule has 0 unspecified atom stereocenters. The number of hydrogen-bond donors (Lipinski definition) is 0. The van der Waals surface area contributed by atoms with Crippen LogP contribution >= 0.6 is 11.8 Å². The fraction of sp³-hybridized carbons (Fsp3) is 0.118. The Kier molecular flexibility index (Phi) is 4.71. The Hall–Kier alpha value is -2.54. The third kappa shape index (κ3) is 3.35. The topological polar surface area (TPSA) is 49.7 Å². The van der Waals surface area contributed by atoms with Crippen molar-refractivity contribution in [1.29, 1.82) is 0 Å². The van der Waals surface area contributed by atoms with E-state index in [1.807, 2.05) is 0 Å². The van der Waals surface area contributed by atoms with Gasteiger partial charge in [0.25, 0.3) is 11.8 Å². The lowest BCUT2D eigenvalue weighted by molar-refractivity contribution is 0.0717. The molecule has 0 fully saturated rings. The Morgan fingerprint density at radius 1 is 0.875 bits per heavy atom. The minimum Gasteiger partial charge on any atom is -0.268 e. The van der Waals surface area contributed by atoms with E-state index in [-0.39, 0.29) is 11.1 Å². The molecule has 0 atom stereocenters. The van der Waals surface area contributed by atoms with Crippen molar-refractivity contribution in [3.05, 3.63) is 71.3 Å². The zero-order chi connectivity index (χ0) is 17.1. The van der Waals surface area contributed by atoms with Crippen LogP contribution in [0.3, 0.4) is 0 Å². The highest BCUT2D eigenvalue weighted by atomic mass is 32.2. The summed E-state index contributed by atoms with van der Waals surface area (Å²) >= 11 is 1.29. The number of carbonyl (C=O) groups is 2. The predicted octanol–water partition coefficient (Wildman–Crippen LogP) is 3.35. The van der Waals surface area contributed by atoms with Crippen molar-refractivity contribution >= 4 is 28.7 Å². The van der Waals surface area contributed by atoms with Gasteiger partial charge in [0.1, 0.15) is 11.6 Å². The standard InChI is InChI=1S/C17H12F2N2O2S/c18-13-5-1-11(2-6-13)15(22)21(17-20-9-10-24-17)16(23)12-3-7-14(19)8-4-12/h1-8H,9-10H2. The summed E-state index contributed by atoms with van der Waals surface area (Å²) in [5, 5.41) is 0.290. The van der Waals surface area contributed by atoms with Crippen molar-refractivity contribution in [1.82, 2.24) is 4.90 Å². The zero-order valence-corrected chi connectivity index (χ0v) is 13.2. The number of benzene rings is 2. The van der Waals surface area contributed by atoms with Gasteiger partial charge in [0.05, 0.1) is 6.54 Å². The molecule has 1 aliphatic rings. The fourth-order valence-electron chi connectivity index (χ4n) is 2.17. The maximum absolute atomic E-state index is 13.1. The number of thioether (sulfide) groups is 1. The molecule has 1 heterocycles. The number of hydrogen-bond acceptors (Lipinski definition) is 4. The second-order valence-electron chi connectivity index (χ2n) is 4.97. The molecule has 122 valence electrons. The smallest absolute Gasteiger partial charge is 0.266 e. The highest BCUT2D eigenvalue weighted by Gasteiger charge is 2.30. The van der Waals surface area contributed by atoms with E-state index in [0.29, 0.717) is 17.5 Å². The maximum atomic E-state index is 13.1. The highest BCUT2D eigenvalue weighted by molar-refractivity contribution is 8.14. The van der Waals surface area contributed by atoms with Gasteiger partial charge in [-0.05, 0) is 48.5 Å². The van der Waals surface area contributed by atoms with Crippen LogP contribution in [0.15, 0.2) is 53.5 Å². The predicted molar refractivity (Wildman–Crippen MR) is 88.1 cm³/mol. The molecule has 4 nitrogen and oxygen atoms in total. The highest BCUT2D eigenvalue weighted by Crippen LogP contribution is 2.21. The lowest BCUT2D eigenvalue weighted by atomic mass is 10.1. The third-order valence-electron chi connectivity index (χ3n) is 3.35. The monoisotopic (exact) mass is 346 g/mol. The van der Waals surface area contributed by atoms with Crippen LogP contribution in [-0.4, -0.2) is 34.2 Å². The number of carbonyl (C=O) groups excluding carboxylic acids is 2. The van der Waals surface area contributed by atoms with Gasteiger partial charge in [-0.1, -0.05) is 11.8 Å². The molecule has 0 aliphatic carbocycles. The average molecular weight is 346 g/mol. The molecule has 7 heteroatoms. The number of halogens is 2. The summed E-state index contributed by atoms with van der Waals surface area (Å²) in [5.74, 6) is -1.49. The number of imide groups is 1. The van der Waals surface area contributed by atoms with Crippen LogP contribution in [-0.2, 0) is 0 Å². The van der Waals surface area contributed by atoms with Crippen molar-refractivity contribution in [3.8, 4) is 0 Å². The molecule has 0 saturated carbocycles. The number of amides is 2. The molecule has 2 aromatic rings. The Balaban J connectivity index is 1.97. The van der Waals surface area contributed by atoms with Crippen LogP contribution in [0.4, 0.5) is 8.78 Å². The maximum Gasteiger partial charge on any atom is 0.266 e. The normalized spacial score (nSPS) is 13.5. The Morgan fingerprint density at radius 3 is 1.71 bits per heavy atom. The largest absolute Gasteiger partial charge is 0.268 e. The summed E-state index contributed by atoms with van der Waals surface area (Å²) in [6.07, 6.45) is 0.